The van der Waals surface area contributed by atoms with Crippen molar-refractivity contribution in [3.05, 3.63) is 0 Å². The van der Waals surface area contributed by atoms with Crippen molar-refractivity contribution in [3.63, 3.8) is 0 Å². The Morgan fingerprint density at radius 3 is 2.50 bits per heavy atom. The van der Waals surface area contributed by atoms with E-state index in [-0.39, 0.29) is 12.6 Å². The first-order valence-electron chi connectivity index (χ1n) is 6.14. The molecule has 0 aliphatic carbocycles. The van der Waals surface area contributed by atoms with Crippen LogP contribution >= 0.6 is 0 Å². The molecule has 0 saturated carbocycles. The summed E-state index contributed by atoms with van der Waals surface area (Å²) in [5.74, 6) is 0.459. The van der Waals surface area contributed by atoms with Gasteiger partial charge < -0.3 is 5.73 Å². The molecule has 5 heteroatoms. The van der Waals surface area contributed by atoms with Gasteiger partial charge in [0.25, 0.3) is 0 Å². The molecule has 0 radical (unpaired) electrons. The van der Waals surface area contributed by atoms with Crippen molar-refractivity contribution >= 4 is 10.0 Å². The summed E-state index contributed by atoms with van der Waals surface area (Å²) in [6, 6.07) is 0.127. The maximum absolute atomic E-state index is 12.3. The quantitative estimate of drug-likeness (QED) is 0.812. The Bertz CT molecular complexity index is 312. The van der Waals surface area contributed by atoms with Crippen LogP contribution in [0.25, 0.3) is 0 Å². The van der Waals surface area contributed by atoms with Crippen molar-refractivity contribution in [3.8, 4) is 0 Å². The second-order valence-electron chi connectivity index (χ2n) is 4.91. The van der Waals surface area contributed by atoms with Gasteiger partial charge in [0, 0.05) is 19.1 Å². The van der Waals surface area contributed by atoms with Gasteiger partial charge in [-0.3, -0.25) is 0 Å². The zero-order chi connectivity index (χ0) is 12.3. The maximum atomic E-state index is 12.3. The van der Waals surface area contributed by atoms with E-state index in [9.17, 15) is 8.42 Å². The van der Waals surface area contributed by atoms with Crippen molar-refractivity contribution in [2.45, 2.75) is 51.3 Å². The molecule has 1 fully saturated rings. The van der Waals surface area contributed by atoms with Gasteiger partial charge >= 0.3 is 0 Å². The van der Waals surface area contributed by atoms with E-state index in [4.69, 9.17) is 5.73 Å². The van der Waals surface area contributed by atoms with Gasteiger partial charge in [-0.25, -0.2) is 8.42 Å². The standard InChI is InChI=1S/C11H24N2O2S/c1-4-11(7-12)16(14,15)13-8-9(2)5-6-10(13)3/h9-11H,4-8,12H2,1-3H3. The Labute approximate surface area is 99.2 Å². The summed E-state index contributed by atoms with van der Waals surface area (Å²) < 4.78 is 26.4. The van der Waals surface area contributed by atoms with E-state index in [2.05, 4.69) is 6.92 Å². The Morgan fingerprint density at radius 2 is 2.00 bits per heavy atom. The SMILES string of the molecule is CCC(CN)S(=O)(=O)N1CC(C)CCC1C. The molecule has 1 saturated heterocycles. The van der Waals surface area contributed by atoms with Crippen LogP contribution < -0.4 is 5.73 Å². The molecule has 4 nitrogen and oxygen atoms in total. The van der Waals surface area contributed by atoms with E-state index in [0.717, 1.165) is 12.8 Å². The summed E-state index contributed by atoms with van der Waals surface area (Å²) >= 11 is 0. The minimum Gasteiger partial charge on any atom is -0.329 e. The van der Waals surface area contributed by atoms with E-state index in [1.807, 2.05) is 13.8 Å². The van der Waals surface area contributed by atoms with E-state index >= 15 is 0 Å². The first-order valence-corrected chi connectivity index (χ1v) is 7.64. The van der Waals surface area contributed by atoms with Gasteiger partial charge in [0.1, 0.15) is 0 Å². The first-order chi connectivity index (χ1) is 7.43. The summed E-state index contributed by atoms with van der Waals surface area (Å²) in [7, 11) is -3.20. The van der Waals surface area contributed by atoms with Gasteiger partial charge in [0.05, 0.1) is 5.25 Å². The van der Waals surface area contributed by atoms with E-state index in [1.165, 1.54) is 0 Å². The van der Waals surface area contributed by atoms with Gasteiger partial charge in [-0.05, 0) is 32.1 Å². The lowest BCUT2D eigenvalue weighted by atomic mass is 9.97. The summed E-state index contributed by atoms with van der Waals surface area (Å²) in [5.41, 5.74) is 5.55. The number of nitrogens with two attached hydrogens (primary N) is 1. The largest absolute Gasteiger partial charge is 0.329 e. The highest BCUT2D eigenvalue weighted by Crippen LogP contribution is 2.26. The fraction of sp³-hybridized carbons (Fsp3) is 1.00. The number of hydrogen-bond donors (Lipinski definition) is 1. The predicted octanol–water partition coefficient (Wildman–Crippen LogP) is 1.17. The minimum atomic E-state index is -3.20. The Kier molecular flexibility index (Phi) is 4.76. The molecule has 0 spiro atoms. The monoisotopic (exact) mass is 248 g/mol. The van der Waals surface area contributed by atoms with E-state index in [1.54, 1.807) is 4.31 Å². The Morgan fingerprint density at radius 1 is 1.38 bits per heavy atom. The topological polar surface area (TPSA) is 63.4 Å². The van der Waals surface area contributed by atoms with Crippen molar-refractivity contribution in [1.29, 1.82) is 0 Å². The van der Waals surface area contributed by atoms with Gasteiger partial charge in [0.2, 0.25) is 10.0 Å². The molecule has 1 aliphatic rings. The third kappa shape index (κ3) is 2.76. The van der Waals surface area contributed by atoms with Crippen LogP contribution in [0.3, 0.4) is 0 Å². The summed E-state index contributed by atoms with van der Waals surface area (Å²) in [4.78, 5) is 0. The molecular formula is C11H24N2O2S. The lowest BCUT2D eigenvalue weighted by molar-refractivity contribution is 0.216. The lowest BCUT2D eigenvalue weighted by Crippen LogP contribution is -2.50. The predicted molar refractivity (Wildman–Crippen MR) is 66.6 cm³/mol. The fourth-order valence-electron chi connectivity index (χ4n) is 2.29. The number of sulfonamides is 1. The summed E-state index contributed by atoms with van der Waals surface area (Å²) in [5, 5.41) is -0.416. The molecule has 96 valence electrons. The molecule has 0 amide bonds. The molecule has 16 heavy (non-hydrogen) atoms. The summed E-state index contributed by atoms with van der Waals surface area (Å²) in [6.07, 6.45) is 2.67. The molecule has 1 aliphatic heterocycles. The van der Waals surface area contributed by atoms with Crippen LogP contribution in [-0.4, -0.2) is 37.1 Å². The van der Waals surface area contributed by atoms with E-state index < -0.39 is 15.3 Å². The third-order valence-electron chi connectivity index (χ3n) is 3.53. The van der Waals surface area contributed by atoms with Crippen molar-refractivity contribution in [2.75, 3.05) is 13.1 Å². The van der Waals surface area contributed by atoms with Crippen LogP contribution in [0.5, 0.6) is 0 Å². The van der Waals surface area contributed by atoms with Crippen LogP contribution in [-0.2, 0) is 10.0 Å². The van der Waals surface area contributed by atoms with Gasteiger partial charge in [-0.1, -0.05) is 13.8 Å². The molecule has 0 aromatic heterocycles. The van der Waals surface area contributed by atoms with Crippen LogP contribution in [0, 0.1) is 5.92 Å². The zero-order valence-electron chi connectivity index (χ0n) is 10.5. The highest BCUT2D eigenvalue weighted by Gasteiger charge is 2.36. The molecular weight excluding hydrogens is 224 g/mol. The molecule has 0 aromatic rings. The molecule has 3 unspecified atom stereocenters. The normalized spacial score (nSPS) is 30.2. The van der Waals surface area contributed by atoms with Gasteiger partial charge in [-0.2, -0.15) is 4.31 Å². The maximum Gasteiger partial charge on any atom is 0.218 e. The third-order valence-corrected chi connectivity index (χ3v) is 6.06. The van der Waals surface area contributed by atoms with Crippen LogP contribution in [0.4, 0.5) is 0 Å². The zero-order valence-corrected chi connectivity index (χ0v) is 11.3. The minimum absolute atomic E-state index is 0.127. The van der Waals surface area contributed by atoms with Crippen molar-refractivity contribution < 1.29 is 8.42 Å². The van der Waals surface area contributed by atoms with Gasteiger partial charge in [0.15, 0.2) is 0 Å². The number of nitrogens with zero attached hydrogens (tertiary/aromatic N) is 1. The van der Waals surface area contributed by atoms with Crippen molar-refractivity contribution in [1.82, 2.24) is 4.31 Å². The Hall–Kier alpha value is -0.130. The lowest BCUT2D eigenvalue weighted by Gasteiger charge is -2.37. The molecule has 2 N–H and O–H groups in total. The van der Waals surface area contributed by atoms with E-state index in [0.29, 0.717) is 18.9 Å². The average Bonchev–Trinajstić information content (AvgIpc) is 2.23. The number of rotatable bonds is 4. The van der Waals surface area contributed by atoms with Crippen LogP contribution in [0.2, 0.25) is 0 Å². The molecule has 0 bridgehead atoms. The molecule has 0 aromatic carbocycles. The average molecular weight is 248 g/mol. The second kappa shape index (κ2) is 5.47. The Balaban J connectivity index is 2.88. The van der Waals surface area contributed by atoms with Gasteiger partial charge in [-0.15, -0.1) is 0 Å². The highest BCUT2D eigenvalue weighted by atomic mass is 32.2. The van der Waals surface area contributed by atoms with Crippen LogP contribution in [0.15, 0.2) is 0 Å². The second-order valence-corrected chi connectivity index (χ2v) is 7.08. The number of piperidine rings is 1. The van der Waals surface area contributed by atoms with Crippen LogP contribution in [0.1, 0.15) is 40.0 Å². The van der Waals surface area contributed by atoms with Crippen molar-refractivity contribution in [2.24, 2.45) is 11.7 Å². The fourth-order valence-corrected chi connectivity index (χ4v) is 4.41. The first kappa shape index (κ1) is 13.9. The smallest absolute Gasteiger partial charge is 0.218 e. The summed E-state index contributed by atoms with van der Waals surface area (Å²) in [6.45, 7) is 6.86. The molecule has 1 heterocycles. The molecule has 1 rings (SSSR count). The molecule has 3 atom stereocenters. The number of hydrogen-bond acceptors (Lipinski definition) is 3. The highest BCUT2D eigenvalue weighted by molar-refractivity contribution is 7.89.